The smallest absolute Gasteiger partial charge is 0.228 e. The average Bonchev–Trinajstić information content (AvgIpc) is 3.20. The number of amides is 1. The molecular weight excluding hydrogens is 455 g/mol. The number of benzene rings is 3. The number of hydrogen-bond acceptors (Lipinski definition) is 4. The minimum absolute atomic E-state index is 0.136. The molecule has 5 rings (SSSR count). The van der Waals surface area contributed by atoms with Crippen LogP contribution in [0.15, 0.2) is 85.2 Å². The van der Waals surface area contributed by atoms with Crippen LogP contribution in [0.25, 0.3) is 22.0 Å². The number of aromatic amines is 1. The summed E-state index contributed by atoms with van der Waals surface area (Å²) in [6, 6.07) is 22.0. The van der Waals surface area contributed by atoms with Crippen LogP contribution in [0.3, 0.4) is 0 Å². The van der Waals surface area contributed by atoms with E-state index in [9.17, 15) is 9.18 Å². The summed E-state index contributed by atoms with van der Waals surface area (Å²) in [6.07, 6.45) is 3.63. The predicted octanol–water partition coefficient (Wildman–Crippen LogP) is 6.61. The van der Waals surface area contributed by atoms with E-state index >= 15 is 0 Å². The van der Waals surface area contributed by atoms with Gasteiger partial charge in [0.2, 0.25) is 5.91 Å². The van der Waals surface area contributed by atoms with E-state index in [2.05, 4.69) is 20.6 Å². The number of aromatic nitrogens is 2. The molecule has 0 aliphatic heterocycles. The molecule has 0 bridgehead atoms. The van der Waals surface area contributed by atoms with Crippen molar-refractivity contribution in [1.29, 1.82) is 0 Å². The first-order valence-electron chi connectivity index (χ1n) is 11.5. The van der Waals surface area contributed by atoms with Crippen molar-refractivity contribution >= 4 is 33.9 Å². The Morgan fingerprint density at radius 1 is 1.03 bits per heavy atom. The molecule has 0 fully saturated rings. The van der Waals surface area contributed by atoms with Gasteiger partial charge in [-0.1, -0.05) is 24.3 Å². The van der Waals surface area contributed by atoms with Gasteiger partial charge in [0.15, 0.2) is 11.6 Å². The summed E-state index contributed by atoms with van der Waals surface area (Å²) in [5, 5.41) is 7.37. The highest BCUT2D eigenvalue weighted by molar-refractivity contribution is 5.97. The maximum Gasteiger partial charge on any atom is 0.228 e. The van der Waals surface area contributed by atoms with E-state index in [1.807, 2.05) is 61.5 Å². The molecule has 0 saturated carbocycles. The fourth-order valence-corrected chi connectivity index (χ4v) is 4.32. The second-order valence-corrected chi connectivity index (χ2v) is 8.48. The first-order valence-corrected chi connectivity index (χ1v) is 11.5. The van der Waals surface area contributed by atoms with Crippen LogP contribution in [0.4, 0.5) is 21.5 Å². The fourth-order valence-electron chi connectivity index (χ4n) is 4.32. The third kappa shape index (κ3) is 4.77. The van der Waals surface area contributed by atoms with Gasteiger partial charge in [-0.05, 0) is 66.6 Å². The summed E-state index contributed by atoms with van der Waals surface area (Å²) in [5.41, 5.74) is 6.46. The van der Waals surface area contributed by atoms with Gasteiger partial charge >= 0.3 is 0 Å². The number of rotatable bonds is 7. The van der Waals surface area contributed by atoms with Crippen LogP contribution in [0, 0.1) is 12.7 Å². The van der Waals surface area contributed by atoms with Crippen LogP contribution in [-0.2, 0) is 11.2 Å². The zero-order valence-corrected chi connectivity index (χ0v) is 19.9. The number of anilines is 3. The van der Waals surface area contributed by atoms with Crippen molar-refractivity contribution in [3.8, 4) is 16.9 Å². The van der Waals surface area contributed by atoms with E-state index in [0.717, 1.165) is 39.1 Å². The molecule has 3 aromatic carbocycles. The Morgan fingerprint density at radius 3 is 2.67 bits per heavy atom. The molecule has 36 heavy (non-hydrogen) atoms. The summed E-state index contributed by atoms with van der Waals surface area (Å²) in [6.45, 7) is 1.97. The lowest BCUT2D eigenvalue weighted by Crippen LogP contribution is -2.15. The number of pyridine rings is 1. The predicted molar refractivity (Wildman–Crippen MR) is 141 cm³/mol. The minimum Gasteiger partial charge on any atom is -0.494 e. The zero-order valence-electron chi connectivity index (χ0n) is 19.9. The molecule has 0 aliphatic rings. The number of carbonyl (C=O) groups is 1. The summed E-state index contributed by atoms with van der Waals surface area (Å²) in [4.78, 5) is 20.5. The Morgan fingerprint density at radius 2 is 1.89 bits per heavy atom. The van der Waals surface area contributed by atoms with E-state index in [1.165, 1.54) is 13.2 Å². The number of hydrogen-bond donors (Lipinski definition) is 3. The summed E-state index contributed by atoms with van der Waals surface area (Å²) in [5.74, 6) is -0.437. The summed E-state index contributed by atoms with van der Waals surface area (Å²) < 4.78 is 19.6. The van der Waals surface area contributed by atoms with Gasteiger partial charge in [-0.2, -0.15) is 0 Å². The van der Waals surface area contributed by atoms with E-state index in [0.29, 0.717) is 11.3 Å². The first-order chi connectivity index (χ1) is 17.5. The average molecular weight is 481 g/mol. The molecule has 0 spiro atoms. The van der Waals surface area contributed by atoms with Gasteiger partial charge in [0, 0.05) is 39.7 Å². The van der Waals surface area contributed by atoms with Crippen molar-refractivity contribution in [2.24, 2.45) is 0 Å². The molecule has 1 amide bonds. The van der Waals surface area contributed by atoms with Gasteiger partial charge in [-0.3, -0.25) is 9.78 Å². The SMILES string of the molecule is COc1ccc(-c2cc(NC(=O)Cc3c(C)[nH]c4ccccc34)ccc2Nc2cccnc2)cc1F. The molecule has 2 heterocycles. The Balaban J connectivity index is 1.46. The Kier molecular flexibility index (Phi) is 6.36. The van der Waals surface area contributed by atoms with Crippen molar-refractivity contribution in [3.63, 3.8) is 0 Å². The molecule has 3 N–H and O–H groups in total. The number of methoxy groups -OCH3 is 1. The number of para-hydroxylation sites is 1. The normalized spacial score (nSPS) is 10.9. The quantitative estimate of drug-likeness (QED) is 0.245. The van der Waals surface area contributed by atoms with E-state index in [-0.39, 0.29) is 18.1 Å². The van der Waals surface area contributed by atoms with Crippen molar-refractivity contribution < 1.29 is 13.9 Å². The van der Waals surface area contributed by atoms with Gasteiger partial charge in [0.25, 0.3) is 0 Å². The highest BCUT2D eigenvalue weighted by Gasteiger charge is 2.15. The largest absolute Gasteiger partial charge is 0.494 e. The van der Waals surface area contributed by atoms with E-state index in [4.69, 9.17) is 4.74 Å². The molecule has 0 radical (unpaired) electrons. The van der Waals surface area contributed by atoms with E-state index in [1.54, 1.807) is 24.5 Å². The molecule has 0 aliphatic carbocycles. The van der Waals surface area contributed by atoms with Gasteiger partial charge < -0.3 is 20.4 Å². The van der Waals surface area contributed by atoms with Crippen LogP contribution in [0.5, 0.6) is 5.75 Å². The van der Waals surface area contributed by atoms with Crippen LogP contribution >= 0.6 is 0 Å². The van der Waals surface area contributed by atoms with E-state index < -0.39 is 5.82 Å². The van der Waals surface area contributed by atoms with Crippen LogP contribution in [0.2, 0.25) is 0 Å². The second kappa shape index (κ2) is 9.92. The van der Waals surface area contributed by atoms with Crippen molar-refractivity contribution in [2.75, 3.05) is 17.7 Å². The van der Waals surface area contributed by atoms with Crippen LogP contribution in [-0.4, -0.2) is 23.0 Å². The van der Waals surface area contributed by atoms with Crippen LogP contribution < -0.4 is 15.4 Å². The molecule has 5 aromatic rings. The number of aryl methyl sites for hydroxylation is 1. The third-order valence-corrected chi connectivity index (χ3v) is 6.07. The highest BCUT2D eigenvalue weighted by Crippen LogP contribution is 2.35. The summed E-state index contributed by atoms with van der Waals surface area (Å²) >= 11 is 0. The lowest BCUT2D eigenvalue weighted by atomic mass is 10.0. The van der Waals surface area contributed by atoms with Gasteiger partial charge in [0.1, 0.15) is 0 Å². The Labute approximate surface area is 208 Å². The second-order valence-electron chi connectivity index (χ2n) is 8.48. The van der Waals surface area contributed by atoms with Gasteiger partial charge in [0.05, 0.1) is 25.4 Å². The monoisotopic (exact) mass is 480 g/mol. The maximum atomic E-state index is 14.6. The zero-order chi connectivity index (χ0) is 25.1. The number of carbonyl (C=O) groups excluding carboxylic acids is 1. The van der Waals surface area contributed by atoms with Crippen LogP contribution in [0.1, 0.15) is 11.3 Å². The topological polar surface area (TPSA) is 79.0 Å². The van der Waals surface area contributed by atoms with Crippen molar-refractivity contribution in [1.82, 2.24) is 9.97 Å². The van der Waals surface area contributed by atoms with Crippen molar-refractivity contribution in [2.45, 2.75) is 13.3 Å². The number of halogens is 1. The molecular formula is C29H25FN4O2. The molecule has 2 aromatic heterocycles. The summed E-state index contributed by atoms with van der Waals surface area (Å²) in [7, 11) is 1.43. The lowest BCUT2D eigenvalue weighted by molar-refractivity contribution is -0.115. The number of ether oxygens (including phenoxy) is 1. The highest BCUT2D eigenvalue weighted by atomic mass is 19.1. The number of H-pyrrole nitrogens is 1. The Bertz CT molecular complexity index is 1550. The fraction of sp³-hybridized carbons (Fsp3) is 0.103. The number of nitrogens with one attached hydrogen (secondary N) is 3. The number of nitrogens with zero attached hydrogens (tertiary/aromatic N) is 1. The number of fused-ring (bicyclic) bond motifs is 1. The Hall–Kier alpha value is -4.65. The van der Waals surface area contributed by atoms with Gasteiger partial charge in [-0.15, -0.1) is 0 Å². The van der Waals surface area contributed by atoms with Crippen molar-refractivity contribution in [3.05, 3.63) is 102 Å². The molecule has 0 unspecified atom stereocenters. The minimum atomic E-state index is -0.466. The molecule has 180 valence electrons. The lowest BCUT2D eigenvalue weighted by Gasteiger charge is -2.15. The molecule has 7 heteroatoms. The first kappa shape index (κ1) is 23.1. The third-order valence-electron chi connectivity index (χ3n) is 6.07. The molecule has 6 nitrogen and oxygen atoms in total. The molecule has 0 saturated heterocycles. The van der Waals surface area contributed by atoms with Gasteiger partial charge in [-0.25, -0.2) is 4.39 Å². The standard InChI is InChI=1S/C29H25FN4O2/c1-18-23(22-7-3-4-8-26(22)32-18)16-29(35)34-20-10-11-27(33-21-6-5-13-31-17-21)24(15-20)19-9-12-28(36-2)25(30)14-19/h3-15,17,32-33H,16H2,1-2H3,(H,34,35). The maximum absolute atomic E-state index is 14.6. The molecule has 0 atom stereocenters.